The summed E-state index contributed by atoms with van der Waals surface area (Å²) in [6.45, 7) is 7.30. The normalized spacial score (nSPS) is 16.1. The molecule has 0 radical (unpaired) electrons. The fourth-order valence-electron chi connectivity index (χ4n) is 3.50. The molecule has 1 atom stereocenters. The van der Waals surface area contributed by atoms with Crippen LogP contribution in [0.3, 0.4) is 0 Å². The molecule has 0 aromatic heterocycles. The summed E-state index contributed by atoms with van der Waals surface area (Å²) in [5.41, 5.74) is 6.06. The number of amides is 2. The van der Waals surface area contributed by atoms with Crippen molar-refractivity contribution in [2.24, 2.45) is 16.6 Å². The number of ketones is 1. The number of nitrogens with zero attached hydrogens (tertiary/aromatic N) is 2. The van der Waals surface area contributed by atoms with E-state index in [9.17, 15) is 24.3 Å². The van der Waals surface area contributed by atoms with E-state index in [0.29, 0.717) is 37.1 Å². The summed E-state index contributed by atoms with van der Waals surface area (Å²) < 4.78 is 10.3. The Labute approximate surface area is 199 Å². The highest BCUT2D eigenvalue weighted by Crippen LogP contribution is 2.19. The molecular formula is C24H32N3O7-. The fourth-order valence-corrected chi connectivity index (χ4v) is 3.50. The van der Waals surface area contributed by atoms with Crippen molar-refractivity contribution in [2.45, 2.75) is 58.7 Å². The van der Waals surface area contributed by atoms with Gasteiger partial charge in [0.05, 0.1) is 18.7 Å². The number of Topliss-reactive ketones (excluding diaryl/α,β-unsaturated/α-hetero) is 1. The molecule has 0 spiro atoms. The van der Waals surface area contributed by atoms with Crippen LogP contribution in [0.15, 0.2) is 29.3 Å². The lowest BCUT2D eigenvalue weighted by Crippen LogP contribution is -2.44. The van der Waals surface area contributed by atoms with E-state index in [-0.39, 0.29) is 30.1 Å². The first kappa shape index (κ1) is 27.0. The lowest BCUT2D eigenvalue weighted by molar-refractivity contribution is -0.310. The number of hydrogen-bond donors (Lipinski definition) is 1. The number of carboxylic acids is 1. The molecule has 1 fully saturated rings. The molecule has 10 heteroatoms. The van der Waals surface area contributed by atoms with Gasteiger partial charge in [-0.1, -0.05) is 31.2 Å². The van der Waals surface area contributed by atoms with Crippen LogP contribution in [0.1, 0.15) is 62.9 Å². The maximum Gasteiger partial charge on any atom is 0.436 e. The minimum absolute atomic E-state index is 0.0243. The number of nitrogens with two attached hydrogens (primary N) is 1. The van der Waals surface area contributed by atoms with Crippen molar-refractivity contribution in [1.82, 2.24) is 4.90 Å². The Balaban J connectivity index is 1.89. The summed E-state index contributed by atoms with van der Waals surface area (Å²) in [5.74, 6) is -2.12. The molecule has 2 rings (SSSR count). The van der Waals surface area contributed by atoms with Gasteiger partial charge in [0.2, 0.25) is 5.91 Å². The first-order valence-corrected chi connectivity index (χ1v) is 11.2. The van der Waals surface area contributed by atoms with Gasteiger partial charge in [-0.05, 0) is 33.6 Å². The number of piperidine rings is 1. The molecule has 1 unspecified atom stereocenters. The number of carboxylic acid groups (broad SMARTS) is 1. The number of aliphatic carboxylic acids is 1. The smallest absolute Gasteiger partial charge is 0.436 e. The van der Waals surface area contributed by atoms with Gasteiger partial charge >= 0.3 is 6.09 Å². The predicted octanol–water partition coefficient (Wildman–Crippen LogP) is 1.29. The van der Waals surface area contributed by atoms with Crippen molar-refractivity contribution in [3.8, 4) is 0 Å². The van der Waals surface area contributed by atoms with Crippen LogP contribution in [0, 0.1) is 5.92 Å². The molecule has 1 aliphatic heterocycles. The number of amidine groups is 1. The van der Waals surface area contributed by atoms with Gasteiger partial charge in [-0.2, -0.15) is 4.99 Å². The minimum Gasteiger partial charge on any atom is -0.548 e. The Morgan fingerprint density at radius 2 is 1.68 bits per heavy atom. The molecule has 1 aromatic carbocycles. The van der Waals surface area contributed by atoms with E-state index >= 15 is 0 Å². The Hall–Kier alpha value is -3.27. The van der Waals surface area contributed by atoms with E-state index in [2.05, 4.69) is 4.99 Å². The molecule has 2 N–H and O–H groups in total. The van der Waals surface area contributed by atoms with Crippen molar-refractivity contribution in [1.29, 1.82) is 0 Å². The zero-order chi connectivity index (χ0) is 25.5. The molecule has 0 aliphatic carbocycles. The number of aliphatic imine (C=N–C) groups is 1. The van der Waals surface area contributed by atoms with Gasteiger partial charge in [0.1, 0.15) is 11.4 Å². The topological polar surface area (TPSA) is 151 Å². The van der Waals surface area contributed by atoms with Crippen LogP contribution in [0.4, 0.5) is 4.79 Å². The van der Waals surface area contributed by atoms with Crippen molar-refractivity contribution >= 4 is 29.6 Å². The second kappa shape index (κ2) is 11.7. The molecule has 10 nitrogen and oxygen atoms in total. The molecule has 2 amide bonds. The second-order valence-electron chi connectivity index (χ2n) is 9.29. The molecule has 1 aliphatic rings. The van der Waals surface area contributed by atoms with Crippen LogP contribution < -0.4 is 10.8 Å². The standard InChI is InChI=1S/C24H33N3O7/c1-15(22(31)27-11-9-18(10-12-27)33-14-20(29)30)13-19(28)16-5-7-17(8-6-16)21(25)26-23(32)34-24(2,3)4/h5-8,15,18H,9-14H2,1-4H3,(H,29,30)(H2,25,26,32)/p-1. The Morgan fingerprint density at radius 3 is 2.21 bits per heavy atom. The first-order valence-electron chi connectivity index (χ1n) is 11.2. The molecule has 1 saturated heterocycles. The molecule has 1 aromatic rings. The van der Waals surface area contributed by atoms with E-state index in [1.807, 2.05) is 0 Å². The van der Waals surface area contributed by atoms with Crippen molar-refractivity contribution < 1.29 is 33.8 Å². The van der Waals surface area contributed by atoms with E-state index in [1.165, 1.54) is 0 Å². The number of ether oxygens (including phenoxy) is 2. The van der Waals surface area contributed by atoms with E-state index in [0.717, 1.165) is 0 Å². The van der Waals surface area contributed by atoms with Crippen LogP contribution in [-0.2, 0) is 19.1 Å². The van der Waals surface area contributed by atoms with Crippen LogP contribution in [0.5, 0.6) is 0 Å². The second-order valence-corrected chi connectivity index (χ2v) is 9.29. The maximum atomic E-state index is 12.7. The van der Waals surface area contributed by atoms with Crippen molar-refractivity contribution in [3.05, 3.63) is 35.4 Å². The lowest BCUT2D eigenvalue weighted by atomic mass is 9.96. The number of benzene rings is 1. The zero-order valence-electron chi connectivity index (χ0n) is 20.0. The predicted molar refractivity (Wildman–Crippen MR) is 122 cm³/mol. The quantitative estimate of drug-likeness (QED) is 0.336. The minimum atomic E-state index is -1.27. The largest absolute Gasteiger partial charge is 0.548 e. The highest BCUT2D eigenvalue weighted by atomic mass is 16.6. The fraction of sp³-hybridized carbons (Fsp3) is 0.542. The Morgan fingerprint density at radius 1 is 1.12 bits per heavy atom. The van der Waals surface area contributed by atoms with Crippen LogP contribution in [0.25, 0.3) is 0 Å². The Kier molecular flexibility index (Phi) is 9.31. The van der Waals surface area contributed by atoms with Gasteiger partial charge in [0.15, 0.2) is 5.78 Å². The van der Waals surface area contributed by atoms with Crippen molar-refractivity contribution in [3.63, 3.8) is 0 Å². The first-order chi connectivity index (χ1) is 15.9. The van der Waals surface area contributed by atoms with Gasteiger partial charge < -0.3 is 30.0 Å². The summed E-state index contributed by atoms with van der Waals surface area (Å²) in [5, 5.41) is 10.5. The van der Waals surface area contributed by atoms with Crippen LogP contribution in [0.2, 0.25) is 0 Å². The highest BCUT2D eigenvalue weighted by molar-refractivity contribution is 6.04. The third kappa shape index (κ3) is 8.58. The molecule has 186 valence electrons. The average Bonchev–Trinajstić information content (AvgIpc) is 2.76. The number of hydrogen-bond acceptors (Lipinski definition) is 7. The lowest BCUT2D eigenvalue weighted by Gasteiger charge is -2.33. The summed E-state index contributed by atoms with van der Waals surface area (Å²) in [6.07, 6.45) is 0.0948. The third-order valence-electron chi connectivity index (χ3n) is 5.21. The van der Waals surface area contributed by atoms with E-state index in [1.54, 1.807) is 56.9 Å². The van der Waals surface area contributed by atoms with Gasteiger partial charge in [-0.3, -0.25) is 9.59 Å². The van der Waals surface area contributed by atoms with Gasteiger partial charge in [0, 0.05) is 36.6 Å². The molecule has 0 saturated carbocycles. The van der Waals surface area contributed by atoms with Gasteiger partial charge in [-0.25, -0.2) is 4.79 Å². The average molecular weight is 475 g/mol. The maximum absolute atomic E-state index is 12.7. The molecular weight excluding hydrogens is 442 g/mol. The summed E-state index contributed by atoms with van der Waals surface area (Å²) in [4.78, 5) is 53.1. The van der Waals surface area contributed by atoms with Gasteiger partial charge in [-0.15, -0.1) is 0 Å². The summed E-state index contributed by atoms with van der Waals surface area (Å²) >= 11 is 0. The van der Waals surface area contributed by atoms with E-state index < -0.39 is 30.2 Å². The number of carbonyl (C=O) groups excluding carboxylic acids is 4. The third-order valence-corrected chi connectivity index (χ3v) is 5.21. The van der Waals surface area contributed by atoms with E-state index in [4.69, 9.17) is 15.2 Å². The summed E-state index contributed by atoms with van der Waals surface area (Å²) in [6, 6.07) is 6.32. The van der Waals surface area contributed by atoms with Crippen LogP contribution >= 0.6 is 0 Å². The zero-order valence-corrected chi connectivity index (χ0v) is 20.0. The number of likely N-dealkylation sites (tertiary alicyclic amines) is 1. The monoisotopic (exact) mass is 474 g/mol. The molecule has 1 heterocycles. The molecule has 34 heavy (non-hydrogen) atoms. The summed E-state index contributed by atoms with van der Waals surface area (Å²) in [7, 11) is 0. The Bertz CT molecular complexity index is 927. The SMILES string of the molecule is CC(CC(=O)c1ccc(/C(N)=N\C(=O)OC(C)(C)C)cc1)C(=O)N1CCC(OCC(=O)[O-])CC1. The number of carbonyl (C=O) groups is 4. The van der Waals surface area contributed by atoms with Crippen LogP contribution in [-0.4, -0.2) is 65.9 Å². The number of rotatable bonds is 8. The molecule has 0 bridgehead atoms. The van der Waals surface area contributed by atoms with Gasteiger partial charge in [0.25, 0.3) is 0 Å². The highest BCUT2D eigenvalue weighted by Gasteiger charge is 2.27. The van der Waals surface area contributed by atoms with Crippen molar-refractivity contribution in [2.75, 3.05) is 19.7 Å².